The molecule has 1 amide bonds. The van der Waals surface area contributed by atoms with Crippen LogP contribution in [-0.4, -0.2) is 37.7 Å². The van der Waals surface area contributed by atoms with E-state index < -0.39 is 0 Å². The van der Waals surface area contributed by atoms with Gasteiger partial charge in [0.15, 0.2) is 0 Å². The number of thiophene rings is 1. The van der Waals surface area contributed by atoms with Crippen molar-refractivity contribution in [3.63, 3.8) is 0 Å². The Hall–Kier alpha value is -3.10. The fourth-order valence-electron chi connectivity index (χ4n) is 3.80. The lowest BCUT2D eigenvalue weighted by atomic mass is 9.93. The molecule has 2 aliphatic rings. The van der Waals surface area contributed by atoms with E-state index >= 15 is 0 Å². The molecule has 1 aliphatic heterocycles. The fourth-order valence-corrected chi connectivity index (χ4v) is 5.39. The highest BCUT2D eigenvalue weighted by atomic mass is 32.1. The van der Waals surface area contributed by atoms with Crippen LogP contribution in [0.15, 0.2) is 70.6 Å². The molecule has 0 radical (unpaired) electrons. The minimum Gasteiger partial charge on any atom is -0.512 e. The number of nitrogens with zero attached hydrogens (tertiary/aromatic N) is 4. The predicted octanol–water partition coefficient (Wildman–Crippen LogP) is 5.36. The molecule has 1 N–H and O–H groups in total. The fraction of sp³-hybridized carbons (Fsp3) is 0.217. The van der Waals surface area contributed by atoms with Gasteiger partial charge < -0.3 is 5.11 Å². The number of aromatic nitrogens is 2. The van der Waals surface area contributed by atoms with Crippen LogP contribution in [0.5, 0.6) is 0 Å². The Labute approximate surface area is 187 Å². The Bertz CT molecular complexity index is 1220. The highest BCUT2D eigenvalue weighted by molar-refractivity contribution is 7.17. The molecule has 156 valence electrons. The molecular formula is C23H20N4O2S2. The minimum absolute atomic E-state index is 0.175. The van der Waals surface area contributed by atoms with Crippen LogP contribution < -0.4 is 0 Å². The number of pyridine rings is 1. The van der Waals surface area contributed by atoms with Gasteiger partial charge in [-0.2, -0.15) is 5.10 Å². The number of aliphatic hydroxyl groups is 1. The molecule has 6 nitrogen and oxygen atoms in total. The van der Waals surface area contributed by atoms with Crippen LogP contribution in [-0.2, 0) is 0 Å². The SMILES string of the molecule is Cc1nc(-c2ccc(C(=O)N3N=C(c4cccnc4)CC3C3=C(O)CCC=C3)s2)cs1. The highest BCUT2D eigenvalue weighted by Gasteiger charge is 2.36. The number of carbonyl (C=O) groups is 1. The summed E-state index contributed by atoms with van der Waals surface area (Å²) in [5, 5.41) is 19.7. The van der Waals surface area contributed by atoms with Gasteiger partial charge in [-0.25, -0.2) is 9.99 Å². The standard InChI is InChI=1S/C23H20N4O2S2/c1-14-25-18(13-30-14)21-8-9-22(31-21)23(29)27-19(16-6-2-3-7-20(16)28)11-17(26-27)15-5-4-10-24-12-15/h2,4-6,8-10,12-13,19,28H,3,7,11H2,1H3. The molecule has 3 aromatic rings. The number of hydrogen-bond donors (Lipinski definition) is 1. The number of aryl methyl sites for hydroxylation is 1. The molecular weight excluding hydrogens is 428 g/mol. The molecule has 0 spiro atoms. The molecule has 1 aliphatic carbocycles. The average Bonchev–Trinajstić information content (AvgIpc) is 3.53. The van der Waals surface area contributed by atoms with E-state index in [2.05, 4.69) is 15.1 Å². The summed E-state index contributed by atoms with van der Waals surface area (Å²) in [7, 11) is 0. The van der Waals surface area contributed by atoms with Crippen molar-refractivity contribution in [2.75, 3.05) is 0 Å². The van der Waals surface area contributed by atoms with Gasteiger partial charge in [-0.3, -0.25) is 9.78 Å². The molecule has 0 fully saturated rings. The first kappa shape index (κ1) is 19.8. The van der Waals surface area contributed by atoms with E-state index in [4.69, 9.17) is 0 Å². The number of aliphatic hydroxyl groups excluding tert-OH is 1. The Balaban J connectivity index is 1.50. The lowest BCUT2D eigenvalue weighted by Gasteiger charge is -2.24. The van der Waals surface area contributed by atoms with Crippen molar-refractivity contribution >= 4 is 34.3 Å². The lowest BCUT2D eigenvalue weighted by Crippen LogP contribution is -2.34. The smallest absolute Gasteiger partial charge is 0.284 e. The van der Waals surface area contributed by atoms with Crippen LogP contribution in [0.1, 0.15) is 39.5 Å². The topological polar surface area (TPSA) is 78.7 Å². The number of rotatable bonds is 4. The number of hydrogen-bond acceptors (Lipinski definition) is 7. The van der Waals surface area contributed by atoms with E-state index in [0.717, 1.165) is 38.8 Å². The number of hydrazone groups is 1. The summed E-state index contributed by atoms with van der Waals surface area (Å²) in [5.74, 6) is 0.157. The molecule has 8 heteroatoms. The van der Waals surface area contributed by atoms with Gasteiger partial charge in [0.25, 0.3) is 5.91 Å². The summed E-state index contributed by atoms with van der Waals surface area (Å²) in [5.41, 5.74) is 3.32. The zero-order valence-electron chi connectivity index (χ0n) is 16.9. The van der Waals surface area contributed by atoms with Gasteiger partial charge in [0, 0.05) is 41.8 Å². The van der Waals surface area contributed by atoms with Crippen molar-refractivity contribution in [3.8, 4) is 10.6 Å². The summed E-state index contributed by atoms with van der Waals surface area (Å²) in [4.78, 5) is 23.8. The van der Waals surface area contributed by atoms with E-state index in [1.165, 1.54) is 16.3 Å². The van der Waals surface area contributed by atoms with Gasteiger partial charge in [-0.1, -0.05) is 18.2 Å². The van der Waals surface area contributed by atoms with Gasteiger partial charge in [0.1, 0.15) is 0 Å². The second-order valence-electron chi connectivity index (χ2n) is 7.42. The normalized spacial score (nSPS) is 18.5. The number of thiazole rings is 1. The van der Waals surface area contributed by atoms with E-state index in [1.54, 1.807) is 23.7 Å². The summed E-state index contributed by atoms with van der Waals surface area (Å²) in [6, 6.07) is 7.22. The maximum absolute atomic E-state index is 13.5. The summed E-state index contributed by atoms with van der Waals surface area (Å²) < 4.78 is 0. The molecule has 0 saturated heterocycles. The van der Waals surface area contributed by atoms with Crippen molar-refractivity contribution in [2.24, 2.45) is 5.10 Å². The minimum atomic E-state index is -0.341. The van der Waals surface area contributed by atoms with Gasteiger partial charge in [-0.15, -0.1) is 22.7 Å². The van der Waals surface area contributed by atoms with Crippen LogP contribution in [0, 0.1) is 6.92 Å². The highest BCUT2D eigenvalue weighted by Crippen LogP contribution is 2.34. The molecule has 31 heavy (non-hydrogen) atoms. The second-order valence-corrected chi connectivity index (χ2v) is 9.56. The van der Waals surface area contributed by atoms with Gasteiger partial charge in [0.05, 0.1) is 38.0 Å². The summed E-state index contributed by atoms with van der Waals surface area (Å²) >= 11 is 3.01. The molecule has 1 atom stereocenters. The molecule has 5 rings (SSSR count). The van der Waals surface area contributed by atoms with E-state index in [9.17, 15) is 9.90 Å². The lowest BCUT2D eigenvalue weighted by molar-refractivity contribution is 0.0739. The predicted molar refractivity (Wildman–Crippen MR) is 124 cm³/mol. The molecule has 0 bridgehead atoms. The van der Waals surface area contributed by atoms with Crippen LogP contribution in [0.4, 0.5) is 0 Å². The Morgan fingerprint density at radius 2 is 2.19 bits per heavy atom. The van der Waals surface area contributed by atoms with E-state index in [-0.39, 0.29) is 11.9 Å². The van der Waals surface area contributed by atoms with Gasteiger partial charge in [0.2, 0.25) is 0 Å². The molecule has 0 saturated carbocycles. The van der Waals surface area contributed by atoms with Crippen molar-refractivity contribution in [2.45, 2.75) is 32.2 Å². The molecule has 1 unspecified atom stereocenters. The summed E-state index contributed by atoms with van der Waals surface area (Å²) in [6.45, 7) is 1.97. The third-order valence-corrected chi connectivity index (χ3v) is 7.21. The first-order valence-corrected chi connectivity index (χ1v) is 11.7. The van der Waals surface area contributed by atoms with Crippen LogP contribution in [0.3, 0.4) is 0 Å². The van der Waals surface area contributed by atoms with Crippen LogP contribution in [0.2, 0.25) is 0 Å². The quantitative estimate of drug-likeness (QED) is 0.583. The number of allylic oxidation sites excluding steroid dienone is 2. The monoisotopic (exact) mass is 448 g/mol. The van der Waals surface area contributed by atoms with Crippen molar-refractivity contribution in [1.29, 1.82) is 0 Å². The zero-order chi connectivity index (χ0) is 21.4. The maximum Gasteiger partial charge on any atom is 0.284 e. The Morgan fingerprint density at radius 3 is 2.94 bits per heavy atom. The first-order chi connectivity index (χ1) is 15.1. The number of amides is 1. The van der Waals surface area contributed by atoms with E-state index in [0.29, 0.717) is 23.5 Å². The van der Waals surface area contributed by atoms with Gasteiger partial charge >= 0.3 is 0 Å². The maximum atomic E-state index is 13.5. The van der Waals surface area contributed by atoms with E-state index in [1.807, 2.05) is 48.7 Å². The largest absolute Gasteiger partial charge is 0.512 e. The Morgan fingerprint density at radius 1 is 1.29 bits per heavy atom. The second kappa shape index (κ2) is 8.20. The van der Waals surface area contributed by atoms with Crippen LogP contribution in [0.25, 0.3) is 10.6 Å². The average molecular weight is 449 g/mol. The van der Waals surface area contributed by atoms with Crippen molar-refractivity contribution in [1.82, 2.24) is 15.0 Å². The molecule has 3 aromatic heterocycles. The third kappa shape index (κ3) is 3.84. The summed E-state index contributed by atoms with van der Waals surface area (Å²) in [6.07, 6.45) is 9.34. The van der Waals surface area contributed by atoms with Gasteiger partial charge in [-0.05, 0) is 31.5 Å². The zero-order valence-corrected chi connectivity index (χ0v) is 18.5. The first-order valence-electron chi connectivity index (χ1n) is 10.0. The van der Waals surface area contributed by atoms with Crippen molar-refractivity contribution in [3.05, 3.63) is 81.0 Å². The van der Waals surface area contributed by atoms with Crippen molar-refractivity contribution < 1.29 is 9.90 Å². The third-order valence-electron chi connectivity index (χ3n) is 5.34. The number of carbonyl (C=O) groups excluding carboxylic acids is 1. The molecule has 0 aromatic carbocycles. The molecule has 4 heterocycles. The Kier molecular flexibility index (Phi) is 5.25. The van der Waals surface area contributed by atoms with Crippen LogP contribution >= 0.6 is 22.7 Å².